The van der Waals surface area contributed by atoms with E-state index in [0.29, 0.717) is 31.1 Å². The lowest BCUT2D eigenvalue weighted by Crippen LogP contribution is -2.41. The van der Waals surface area contributed by atoms with Gasteiger partial charge in [-0.15, -0.1) is 10.2 Å². The average molecular weight is 353 g/mol. The van der Waals surface area contributed by atoms with Crippen molar-refractivity contribution in [2.45, 2.75) is 17.7 Å². The van der Waals surface area contributed by atoms with E-state index in [1.807, 2.05) is 0 Å². The number of carbonyl (C=O) groups is 1. The number of hydrogen-bond donors (Lipinski definition) is 1. The monoisotopic (exact) mass is 353 g/mol. The van der Waals surface area contributed by atoms with Gasteiger partial charge in [0.2, 0.25) is 21.1 Å². The van der Waals surface area contributed by atoms with Gasteiger partial charge in [-0.25, -0.2) is 8.42 Å². The molecule has 3 heterocycles. The van der Waals surface area contributed by atoms with Gasteiger partial charge in [-0.05, 0) is 25.0 Å². The topological polar surface area (TPSA) is 105 Å². The van der Waals surface area contributed by atoms with Crippen LogP contribution in [-0.4, -0.2) is 46.9 Å². The SMILES string of the molecule is O=C(Nc1nncs1)C1CCN(S(=O)(=O)c2cccnc2)CC1. The van der Waals surface area contributed by atoms with Crippen LogP contribution in [0.15, 0.2) is 34.9 Å². The van der Waals surface area contributed by atoms with Gasteiger partial charge in [0.15, 0.2) is 0 Å². The smallest absolute Gasteiger partial charge is 0.244 e. The first-order valence-electron chi connectivity index (χ1n) is 7.04. The highest BCUT2D eigenvalue weighted by molar-refractivity contribution is 7.89. The summed E-state index contributed by atoms with van der Waals surface area (Å²) in [7, 11) is -3.54. The van der Waals surface area contributed by atoms with Gasteiger partial charge in [-0.2, -0.15) is 4.31 Å². The fourth-order valence-corrected chi connectivity index (χ4v) is 4.32. The molecule has 2 aromatic rings. The maximum absolute atomic E-state index is 12.5. The first-order valence-corrected chi connectivity index (χ1v) is 9.36. The van der Waals surface area contributed by atoms with Crippen LogP contribution >= 0.6 is 11.3 Å². The van der Waals surface area contributed by atoms with Crippen molar-refractivity contribution in [3.8, 4) is 0 Å². The van der Waals surface area contributed by atoms with Crippen molar-refractivity contribution >= 4 is 32.4 Å². The number of pyridine rings is 1. The number of amides is 1. The molecule has 1 N–H and O–H groups in total. The zero-order valence-electron chi connectivity index (χ0n) is 12.1. The summed E-state index contributed by atoms with van der Waals surface area (Å²) in [6.07, 6.45) is 3.82. The van der Waals surface area contributed by atoms with Gasteiger partial charge in [-0.3, -0.25) is 9.78 Å². The molecular formula is C13H15N5O3S2. The van der Waals surface area contributed by atoms with Gasteiger partial charge in [0, 0.05) is 31.4 Å². The van der Waals surface area contributed by atoms with Gasteiger partial charge < -0.3 is 5.32 Å². The second-order valence-corrected chi connectivity index (χ2v) is 7.87. The first kappa shape index (κ1) is 16.0. The van der Waals surface area contributed by atoms with Crippen molar-refractivity contribution < 1.29 is 13.2 Å². The fourth-order valence-electron chi connectivity index (χ4n) is 2.44. The average Bonchev–Trinajstić information content (AvgIpc) is 3.09. The molecule has 23 heavy (non-hydrogen) atoms. The molecule has 0 saturated carbocycles. The Hall–Kier alpha value is -1.91. The predicted molar refractivity (Wildman–Crippen MR) is 84.3 cm³/mol. The summed E-state index contributed by atoms with van der Waals surface area (Å²) in [5.41, 5.74) is 1.54. The van der Waals surface area contributed by atoms with E-state index >= 15 is 0 Å². The van der Waals surface area contributed by atoms with Crippen LogP contribution in [0.2, 0.25) is 0 Å². The lowest BCUT2D eigenvalue weighted by molar-refractivity contribution is -0.120. The largest absolute Gasteiger partial charge is 0.300 e. The number of sulfonamides is 1. The lowest BCUT2D eigenvalue weighted by atomic mass is 9.97. The van der Waals surface area contributed by atoms with E-state index in [9.17, 15) is 13.2 Å². The predicted octanol–water partition coefficient (Wildman–Crippen LogP) is 0.973. The number of nitrogens with zero attached hydrogens (tertiary/aromatic N) is 4. The van der Waals surface area contributed by atoms with E-state index in [0.717, 1.165) is 0 Å². The number of hydrogen-bond acceptors (Lipinski definition) is 7. The second kappa shape index (κ2) is 6.69. The van der Waals surface area contributed by atoms with Crippen molar-refractivity contribution in [3.05, 3.63) is 30.0 Å². The standard InChI is InChI=1S/C13H15N5O3S2/c19-12(16-13-17-15-9-22-13)10-3-6-18(7-4-10)23(20,21)11-2-1-5-14-8-11/h1-2,5,8-10H,3-4,6-7H2,(H,16,17,19). The molecule has 1 saturated heterocycles. The Balaban J connectivity index is 1.61. The van der Waals surface area contributed by atoms with Crippen LogP contribution in [0.5, 0.6) is 0 Å². The van der Waals surface area contributed by atoms with Crippen molar-refractivity contribution in [1.82, 2.24) is 19.5 Å². The number of aromatic nitrogens is 3. The van der Waals surface area contributed by atoms with Crippen LogP contribution in [0.1, 0.15) is 12.8 Å². The van der Waals surface area contributed by atoms with Crippen molar-refractivity contribution in [3.63, 3.8) is 0 Å². The zero-order chi connectivity index (χ0) is 16.3. The van der Waals surface area contributed by atoms with Crippen molar-refractivity contribution in [1.29, 1.82) is 0 Å². The Kier molecular flexibility index (Phi) is 4.64. The minimum atomic E-state index is -3.54. The van der Waals surface area contributed by atoms with Gasteiger partial charge in [0.05, 0.1) is 0 Å². The second-order valence-electron chi connectivity index (χ2n) is 5.10. The zero-order valence-corrected chi connectivity index (χ0v) is 13.8. The van der Waals surface area contributed by atoms with Gasteiger partial charge in [-0.1, -0.05) is 11.3 Å². The Morgan fingerprint density at radius 3 is 2.74 bits per heavy atom. The number of piperidine rings is 1. The molecule has 1 aliphatic rings. The third kappa shape index (κ3) is 3.54. The first-order chi connectivity index (χ1) is 11.1. The minimum absolute atomic E-state index is 0.139. The molecule has 8 nitrogen and oxygen atoms in total. The molecule has 1 amide bonds. The highest BCUT2D eigenvalue weighted by Gasteiger charge is 2.32. The summed E-state index contributed by atoms with van der Waals surface area (Å²) in [4.78, 5) is 16.2. The Morgan fingerprint density at radius 2 is 2.13 bits per heavy atom. The van der Waals surface area contributed by atoms with Gasteiger partial charge in [0.25, 0.3) is 0 Å². The molecule has 0 radical (unpaired) electrons. The normalized spacial score (nSPS) is 17.0. The molecule has 0 unspecified atom stereocenters. The minimum Gasteiger partial charge on any atom is -0.300 e. The molecule has 0 aromatic carbocycles. The van der Waals surface area contributed by atoms with E-state index in [1.165, 1.54) is 34.1 Å². The van der Waals surface area contributed by atoms with E-state index in [-0.39, 0.29) is 16.7 Å². The fraction of sp³-hybridized carbons (Fsp3) is 0.385. The molecule has 3 rings (SSSR count). The van der Waals surface area contributed by atoms with Crippen molar-refractivity contribution in [2.24, 2.45) is 5.92 Å². The highest BCUT2D eigenvalue weighted by atomic mass is 32.2. The Labute approximate surface area is 137 Å². The number of nitrogens with one attached hydrogen (secondary N) is 1. The summed E-state index contributed by atoms with van der Waals surface area (Å²) < 4.78 is 26.4. The molecule has 0 spiro atoms. The third-order valence-corrected chi connectivity index (χ3v) is 6.18. The molecule has 0 atom stereocenters. The molecule has 1 fully saturated rings. The third-order valence-electron chi connectivity index (χ3n) is 3.69. The van der Waals surface area contributed by atoms with Crippen LogP contribution in [0.3, 0.4) is 0 Å². The van der Waals surface area contributed by atoms with E-state index in [2.05, 4.69) is 20.5 Å². The lowest BCUT2D eigenvalue weighted by Gasteiger charge is -2.30. The van der Waals surface area contributed by atoms with Crippen LogP contribution in [0, 0.1) is 5.92 Å². The number of anilines is 1. The maximum Gasteiger partial charge on any atom is 0.244 e. The molecule has 0 bridgehead atoms. The van der Waals surface area contributed by atoms with E-state index < -0.39 is 10.0 Å². The van der Waals surface area contributed by atoms with Crippen LogP contribution < -0.4 is 5.32 Å². The summed E-state index contributed by atoms with van der Waals surface area (Å²) in [6, 6.07) is 3.12. The van der Waals surface area contributed by atoms with Crippen molar-refractivity contribution in [2.75, 3.05) is 18.4 Å². The molecule has 122 valence electrons. The van der Waals surface area contributed by atoms with Crippen LogP contribution in [-0.2, 0) is 14.8 Å². The highest BCUT2D eigenvalue weighted by Crippen LogP contribution is 2.24. The molecule has 0 aliphatic carbocycles. The Bertz CT molecular complexity index is 756. The number of rotatable bonds is 4. The summed E-state index contributed by atoms with van der Waals surface area (Å²) in [6.45, 7) is 0.622. The molecule has 10 heteroatoms. The summed E-state index contributed by atoms with van der Waals surface area (Å²) in [5.74, 6) is -0.362. The van der Waals surface area contributed by atoms with Crippen LogP contribution in [0.25, 0.3) is 0 Å². The Morgan fingerprint density at radius 1 is 1.35 bits per heavy atom. The van der Waals surface area contributed by atoms with Gasteiger partial charge >= 0.3 is 0 Å². The quantitative estimate of drug-likeness (QED) is 0.878. The summed E-state index contributed by atoms with van der Waals surface area (Å²) in [5, 5.41) is 10.6. The van der Waals surface area contributed by atoms with E-state index in [4.69, 9.17) is 0 Å². The molecule has 1 aliphatic heterocycles. The van der Waals surface area contributed by atoms with Gasteiger partial charge in [0.1, 0.15) is 10.4 Å². The molecule has 2 aromatic heterocycles. The van der Waals surface area contributed by atoms with Crippen LogP contribution in [0.4, 0.5) is 5.13 Å². The summed E-state index contributed by atoms with van der Waals surface area (Å²) >= 11 is 1.25. The van der Waals surface area contributed by atoms with E-state index in [1.54, 1.807) is 11.6 Å². The molecular weight excluding hydrogens is 338 g/mol. The maximum atomic E-state index is 12.5. The number of carbonyl (C=O) groups excluding carboxylic acids is 1.